The average Bonchev–Trinajstić information content (AvgIpc) is 3.02. The largest absolute Gasteiger partial charge is 0.381 e. The molecule has 3 heteroatoms. The summed E-state index contributed by atoms with van der Waals surface area (Å²) in [6, 6.07) is 0.947. The van der Waals surface area contributed by atoms with E-state index in [-0.39, 0.29) is 5.41 Å². The Kier molecular flexibility index (Phi) is 3.24. The molecule has 1 amide bonds. The number of amides is 1. The van der Waals surface area contributed by atoms with E-state index in [4.69, 9.17) is 4.74 Å². The molecule has 2 fully saturated rings. The van der Waals surface area contributed by atoms with Gasteiger partial charge in [-0.1, -0.05) is 20.8 Å². The Bertz CT molecular complexity index is 260. The highest BCUT2D eigenvalue weighted by Crippen LogP contribution is 2.35. The molecule has 0 aromatic carbocycles. The van der Waals surface area contributed by atoms with Crippen LogP contribution in [0.4, 0.5) is 0 Å². The SMILES string of the molecule is CC(C)(C)C(=O)N(C1CCOCC1)C1CC1. The summed E-state index contributed by atoms with van der Waals surface area (Å²) in [7, 11) is 0. The zero-order valence-electron chi connectivity index (χ0n) is 10.7. The Balaban J connectivity index is 2.07. The van der Waals surface area contributed by atoms with Crippen LogP contribution in [0.3, 0.4) is 0 Å². The summed E-state index contributed by atoms with van der Waals surface area (Å²) in [6.07, 6.45) is 4.41. The van der Waals surface area contributed by atoms with Gasteiger partial charge < -0.3 is 9.64 Å². The highest BCUT2D eigenvalue weighted by atomic mass is 16.5. The molecule has 0 aromatic heterocycles. The van der Waals surface area contributed by atoms with E-state index >= 15 is 0 Å². The summed E-state index contributed by atoms with van der Waals surface area (Å²) in [4.78, 5) is 14.6. The number of ether oxygens (including phenoxy) is 1. The molecule has 0 radical (unpaired) electrons. The lowest BCUT2D eigenvalue weighted by Gasteiger charge is -2.38. The minimum absolute atomic E-state index is 0.249. The highest BCUT2D eigenvalue weighted by Gasteiger charge is 2.41. The number of carbonyl (C=O) groups excluding carboxylic acids is 1. The Morgan fingerprint density at radius 2 is 1.56 bits per heavy atom. The van der Waals surface area contributed by atoms with E-state index in [2.05, 4.69) is 4.90 Å². The molecular formula is C13H23NO2. The molecule has 1 aliphatic carbocycles. The summed E-state index contributed by atoms with van der Waals surface area (Å²) in [5.74, 6) is 0.321. The van der Waals surface area contributed by atoms with Crippen molar-refractivity contribution in [3.05, 3.63) is 0 Å². The van der Waals surface area contributed by atoms with Crippen molar-refractivity contribution in [3.63, 3.8) is 0 Å². The molecule has 3 nitrogen and oxygen atoms in total. The van der Waals surface area contributed by atoms with Crippen LogP contribution in [0.15, 0.2) is 0 Å². The number of rotatable bonds is 2. The number of hydrogen-bond donors (Lipinski definition) is 0. The third kappa shape index (κ3) is 2.57. The number of hydrogen-bond acceptors (Lipinski definition) is 2. The van der Waals surface area contributed by atoms with E-state index in [1.807, 2.05) is 20.8 Å². The minimum Gasteiger partial charge on any atom is -0.381 e. The second-order valence-corrected chi connectivity index (χ2v) is 6.04. The van der Waals surface area contributed by atoms with Gasteiger partial charge in [0.25, 0.3) is 0 Å². The predicted molar refractivity (Wildman–Crippen MR) is 63.2 cm³/mol. The molecule has 0 bridgehead atoms. The van der Waals surface area contributed by atoms with E-state index < -0.39 is 0 Å². The molecule has 92 valence electrons. The van der Waals surface area contributed by atoms with Crippen molar-refractivity contribution >= 4 is 5.91 Å². The standard InChI is InChI=1S/C13H23NO2/c1-13(2,3)12(15)14(10-4-5-10)11-6-8-16-9-7-11/h10-11H,4-9H2,1-3H3. The summed E-state index contributed by atoms with van der Waals surface area (Å²) < 4.78 is 5.38. The summed E-state index contributed by atoms with van der Waals surface area (Å²) >= 11 is 0. The van der Waals surface area contributed by atoms with E-state index in [1.54, 1.807) is 0 Å². The van der Waals surface area contributed by atoms with Gasteiger partial charge in [0, 0.05) is 30.7 Å². The lowest BCUT2D eigenvalue weighted by Crippen LogP contribution is -2.49. The van der Waals surface area contributed by atoms with Crippen molar-refractivity contribution in [2.45, 2.75) is 58.5 Å². The molecule has 0 atom stereocenters. The Morgan fingerprint density at radius 1 is 1.06 bits per heavy atom. The van der Waals surface area contributed by atoms with Crippen LogP contribution in [0, 0.1) is 5.41 Å². The van der Waals surface area contributed by atoms with Crippen molar-refractivity contribution in [1.82, 2.24) is 4.90 Å². The molecule has 0 spiro atoms. The predicted octanol–water partition coefficient (Wildman–Crippen LogP) is 2.20. The topological polar surface area (TPSA) is 29.5 Å². The van der Waals surface area contributed by atoms with Crippen molar-refractivity contribution in [1.29, 1.82) is 0 Å². The molecule has 1 aliphatic heterocycles. The third-order valence-electron chi connectivity index (χ3n) is 3.40. The van der Waals surface area contributed by atoms with E-state index in [9.17, 15) is 4.79 Å². The van der Waals surface area contributed by atoms with Crippen LogP contribution in [-0.4, -0.2) is 36.1 Å². The Morgan fingerprint density at radius 3 is 2.00 bits per heavy atom. The van der Waals surface area contributed by atoms with E-state index in [1.165, 1.54) is 12.8 Å². The summed E-state index contributed by atoms with van der Waals surface area (Å²) in [6.45, 7) is 7.68. The zero-order valence-corrected chi connectivity index (χ0v) is 10.7. The quantitative estimate of drug-likeness (QED) is 0.721. The molecule has 1 heterocycles. The van der Waals surface area contributed by atoms with Crippen molar-refractivity contribution in [2.75, 3.05) is 13.2 Å². The van der Waals surface area contributed by atoms with Gasteiger partial charge in [-0.25, -0.2) is 0 Å². The molecule has 2 rings (SSSR count). The zero-order chi connectivity index (χ0) is 11.8. The highest BCUT2D eigenvalue weighted by molar-refractivity contribution is 5.82. The molecule has 0 aromatic rings. The second kappa shape index (κ2) is 4.36. The van der Waals surface area contributed by atoms with Crippen LogP contribution in [0.5, 0.6) is 0 Å². The first kappa shape index (κ1) is 11.9. The van der Waals surface area contributed by atoms with Crippen LogP contribution in [0.25, 0.3) is 0 Å². The summed E-state index contributed by atoms with van der Waals surface area (Å²) in [5.41, 5.74) is -0.249. The summed E-state index contributed by atoms with van der Waals surface area (Å²) in [5, 5.41) is 0. The van der Waals surface area contributed by atoms with Gasteiger partial charge in [-0.2, -0.15) is 0 Å². The molecule has 1 saturated heterocycles. The van der Waals surface area contributed by atoms with Crippen molar-refractivity contribution < 1.29 is 9.53 Å². The fraction of sp³-hybridized carbons (Fsp3) is 0.923. The van der Waals surface area contributed by atoms with Crippen LogP contribution >= 0.6 is 0 Å². The maximum atomic E-state index is 12.4. The maximum Gasteiger partial charge on any atom is 0.228 e. The van der Waals surface area contributed by atoms with Crippen LogP contribution in [-0.2, 0) is 9.53 Å². The van der Waals surface area contributed by atoms with Gasteiger partial charge in [0.1, 0.15) is 0 Å². The molecule has 2 aliphatic rings. The second-order valence-electron chi connectivity index (χ2n) is 6.04. The van der Waals surface area contributed by atoms with Gasteiger partial charge in [-0.3, -0.25) is 4.79 Å². The minimum atomic E-state index is -0.249. The smallest absolute Gasteiger partial charge is 0.228 e. The molecule has 0 unspecified atom stereocenters. The lowest BCUT2D eigenvalue weighted by atomic mass is 9.92. The number of carbonyl (C=O) groups is 1. The lowest BCUT2D eigenvalue weighted by molar-refractivity contribution is -0.144. The van der Waals surface area contributed by atoms with Gasteiger partial charge in [0.2, 0.25) is 5.91 Å². The van der Waals surface area contributed by atoms with Gasteiger partial charge in [-0.05, 0) is 25.7 Å². The van der Waals surface area contributed by atoms with E-state index in [0.717, 1.165) is 26.1 Å². The van der Waals surface area contributed by atoms with Gasteiger partial charge in [-0.15, -0.1) is 0 Å². The fourth-order valence-electron chi connectivity index (χ4n) is 2.33. The van der Waals surface area contributed by atoms with Gasteiger partial charge in [0.05, 0.1) is 0 Å². The molecule has 1 saturated carbocycles. The molecule has 16 heavy (non-hydrogen) atoms. The van der Waals surface area contributed by atoms with Crippen LogP contribution in [0.2, 0.25) is 0 Å². The third-order valence-corrected chi connectivity index (χ3v) is 3.40. The van der Waals surface area contributed by atoms with Crippen molar-refractivity contribution in [3.8, 4) is 0 Å². The Labute approximate surface area is 98.1 Å². The van der Waals surface area contributed by atoms with Crippen LogP contribution in [0.1, 0.15) is 46.5 Å². The first-order valence-corrected chi connectivity index (χ1v) is 6.40. The van der Waals surface area contributed by atoms with Gasteiger partial charge in [0.15, 0.2) is 0 Å². The monoisotopic (exact) mass is 225 g/mol. The Hall–Kier alpha value is -0.570. The van der Waals surface area contributed by atoms with E-state index in [0.29, 0.717) is 18.0 Å². The first-order valence-electron chi connectivity index (χ1n) is 6.40. The fourth-order valence-corrected chi connectivity index (χ4v) is 2.33. The van der Waals surface area contributed by atoms with Crippen LogP contribution < -0.4 is 0 Å². The first-order chi connectivity index (χ1) is 7.50. The maximum absolute atomic E-state index is 12.4. The molecule has 0 N–H and O–H groups in total. The molecular weight excluding hydrogens is 202 g/mol. The van der Waals surface area contributed by atoms with Crippen molar-refractivity contribution in [2.24, 2.45) is 5.41 Å². The van der Waals surface area contributed by atoms with Gasteiger partial charge >= 0.3 is 0 Å². The number of nitrogens with zero attached hydrogens (tertiary/aromatic N) is 1. The normalized spacial score (nSPS) is 23.2. The average molecular weight is 225 g/mol.